The van der Waals surface area contributed by atoms with Crippen molar-refractivity contribution in [2.24, 2.45) is 0 Å². The van der Waals surface area contributed by atoms with Gasteiger partial charge in [0.2, 0.25) is 5.91 Å². The second-order valence-corrected chi connectivity index (χ2v) is 8.94. The van der Waals surface area contributed by atoms with E-state index in [1.54, 1.807) is 13.8 Å². The van der Waals surface area contributed by atoms with Crippen LogP contribution in [0.1, 0.15) is 32.9 Å². The lowest BCUT2D eigenvalue weighted by Gasteiger charge is -2.18. The number of ether oxygens (including phenoxy) is 1. The Balaban J connectivity index is 1.50. The summed E-state index contributed by atoms with van der Waals surface area (Å²) < 4.78 is 41.9. The molecule has 0 saturated carbocycles. The van der Waals surface area contributed by atoms with Gasteiger partial charge in [-0.05, 0) is 43.7 Å². The van der Waals surface area contributed by atoms with Crippen molar-refractivity contribution in [1.82, 2.24) is 20.1 Å². The van der Waals surface area contributed by atoms with Crippen LogP contribution >= 0.6 is 0 Å². The Labute approximate surface area is 214 Å². The first-order valence-electron chi connectivity index (χ1n) is 11.4. The first-order chi connectivity index (χ1) is 17.7. The van der Waals surface area contributed by atoms with E-state index in [-0.39, 0.29) is 36.3 Å². The molecule has 2 aliphatic heterocycles. The van der Waals surface area contributed by atoms with Gasteiger partial charge in [0.1, 0.15) is 12.3 Å². The van der Waals surface area contributed by atoms with Crippen molar-refractivity contribution in [3.63, 3.8) is 0 Å². The molecule has 2 aliphatic rings. The van der Waals surface area contributed by atoms with E-state index in [9.17, 15) is 37.5 Å². The van der Waals surface area contributed by atoms with Crippen molar-refractivity contribution in [1.29, 1.82) is 0 Å². The number of H-pyrrole nitrogens is 1. The van der Waals surface area contributed by atoms with Crippen molar-refractivity contribution < 1.29 is 42.2 Å². The molecular formula is C24H24F3N5O6. The van der Waals surface area contributed by atoms with Gasteiger partial charge in [0.25, 0.3) is 11.8 Å². The Morgan fingerprint density at radius 1 is 1.26 bits per heavy atom. The van der Waals surface area contributed by atoms with E-state index < -0.39 is 42.0 Å². The summed E-state index contributed by atoms with van der Waals surface area (Å²) in [7, 11) is 1.46. The van der Waals surface area contributed by atoms with Gasteiger partial charge < -0.3 is 30.4 Å². The molecule has 0 spiro atoms. The zero-order chi connectivity index (χ0) is 27.9. The standard InChI is InChI=1S/C24H24F3N5O6/c1-11-18(7-16-15-6-14(38-24(25,26)27)4-5-17(15)30-21(16)35)29-12(2)20(11)22(36)28-8-13(33)9-32-19(34)10-31(3)23(32)37/h4-7,13,29,33H,8-10H2,1-3H3,(H,28,36)(H,30,35). The fourth-order valence-corrected chi connectivity index (χ4v) is 4.33. The highest BCUT2D eigenvalue weighted by Crippen LogP contribution is 2.37. The minimum Gasteiger partial charge on any atom is -0.406 e. The number of halogens is 3. The first-order valence-corrected chi connectivity index (χ1v) is 11.4. The van der Waals surface area contributed by atoms with Crippen LogP contribution < -0.4 is 15.4 Å². The molecule has 1 saturated heterocycles. The molecule has 0 bridgehead atoms. The number of aryl methyl sites for hydroxylation is 1. The summed E-state index contributed by atoms with van der Waals surface area (Å²) in [6, 6.07) is 2.95. The molecule has 2 aromatic rings. The molecule has 202 valence electrons. The van der Waals surface area contributed by atoms with E-state index in [4.69, 9.17) is 0 Å². The summed E-state index contributed by atoms with van der Waals surface area (Å²) >= 11 is 0. The van der Waals surface area contributed by atoms with Gasteiger partial charge in [-0.15, -0.1) is 13.2 Å². The first kappa shape index (κ1) is 26.7. The van der Waals surface area contributed by atoms with Crippen molar-refractivity contribution in [3.8, 4) is 5.75 Å². The third-order valence-corrected chi connectivity index (χ3v) is 6.12. The summed E-state index contributed by atoms with van der Waals surface area (Å²) in [5.74, 6) is -2.03. The zero-order valence-corrected chi connectivity index (χ0v) is 20.5. The minimum atomic E-state index is -4.90. The molecule has 11 nitrogen and oxygen atoms in total. The third kappa shape index (κ3) is 5.34. The lowest BCUT2D eigenvalue weighted by molar-refractivity contribution is -0.274. The number of β-amino-alcohol motifs (C(OH)–C–C–N with tert-alkyl or cyclic N) is 1. The number of alkyl halides is 3. The number of carbonyl (C=O) groups is 4. The van der Waals surface area contributed by atoms with Crippen LogP contribution in [-0.4, -0.2) is 82.8 Å². The number of nitrogens with one attached hydrogen (secondary N) is 3. The van der Waals surface area contributed by atoms with E-state index in [2.05, 4.69) is 20.4 Å². The molecular weight excluding hydrogens is 511 g/mol. The smallest absolute Gasteiger partial charge is 0.406 e. The molecule has 4 N–H and O–H groups in total. The van der Waals surface area contributed by atoms with Crippen LogP contribution in [0, 0.1) is 13.8 Å². The van der Waals surface area contributed by atoms with Crippen molar-refractivity contribution >= 4 is 41.1 Å². The average Bonchev–Trinajstić information content (AvgIpc) is 3.37. The van der Waals surface area contributed by atoms with Gasteiger partial charge in [-0.2, -0.15) is 0 Å². The maximum absolute atomic E-state index is 12.9. The van der Waals surface area contributed by atoms with Crippen LogP contribution in [-0.2, 0) is 9.59 Å². The predicted molar refractivity (Wildman–Crippen MR) is 128 cm³/mol. The topological polar surface area (TPSA) is 144 Å². The van der Waals surface area contributed by atoms with Crippen LogP contribution in [0.25, 0.3) is 11.6 Å². The molecule has 38 heavy (non-hydrogen) atoms. The van der Waals surface area contributed by atoms with Crippen LogP contribution in [0.3, 0.4) is 0 Å². The maximum atomic E-state index is 12.9. The largest absolute Gasteiger partial charge is 0.573 e. The summed E-state index contributed by atoms with van der Waals surface area (Å²) in [6.45, 7) is 2.64. The van der Waals surface area contributed by atoms with E-state index >= 15 is 0 Å². The molecule has 14 heteroatoms. The zero-order valence-electron chi connectivity index (χ0n) is 20.5. The third-order valence-electron chi connectivity index (χ3n) is 6.12. The number of aromatic amines is 1. The van der Waals surface area contributed by atoms with Gasteiger partial charge in [-0.1, -0.05) is 0 Å². The number of imide groups is 1. The predicted octanol–water partition coefficient (Wildman–Crippen LogP) is 2.01. The van der Waals surface area contributed by atoms with Gasteiger partial charge in [-0.25, -0.2) is 4.79 Å². The van der Waals surface area contributed by atoms with Gasteiger partial charge >= 0.3 is 12.4 Å². The second-order valence-electron chi connectivity index (χ2n) is 8.94. The van der Waals surface area contributed by atoms with E-state index in [1.165, 1.54) is 24.1 Å². The number of hydrogen-bond donors (Lipinski definition) is 4. The van der Waals surface area contributed by atoms with E-state index in [1.807, 2.05) is 0 Å². The highest BCUT2D eigenvalue weighted by Gasteiger charge is 2.35. The molecule has 1 fully saturated rings. The van der Waals surface area contributed by atoms with Crippen LogP contribution in [0.15, 0.2) is 18.2 Å². The number of hydrogen-bond acceptors (Lipinski definition) is 6. The number of aliphatic hydroxyl groups is 1. The van der Waals surface area contributed by atoms with E-state index in [0.717, 1.165) is 17.0 Å². The van der Waals surface area contributed by atoms with Crippen LogP contribution in [0.4, 0.5) is 23.7 Å². The van der Waals surface area contributed by atoms with Crippen LogP contribution in [0.5, 0.6) is 5.75 Å². The number of aromatic nitrogens is 1. The van der Waals surface area contributed by atoms with Crippen molar-refractivity contribution in [2.45, 2.75) is 26.3 Å². The number of likely N-dealkylation sites (N-methyl/N-ethyl adjacent to an activating group) is 1. The summed E-state index contributed by atoms with van der Waals surface area (Å²) in [4.78, 5) is 54.4. The fraction of sp³-hybridized carbons (Fsp3) is 0.333. The molecule has 0 aliphatic carbocycles. The second kappa shape index (κ2) is 9.85. The molecule has 0 radical (unpaired) electrons. The Morgan fingerprint density at radius 2 is 1.97 bits per heavy atom. The quantitative estimate of drug-likeness (QED) is 0.316. The SMILES string of the molecule is Cc1[nH]c(C=C2C(=O)Nc3ccc(OC(F)(F)F)cc32)c(C)c1C(=O)NCC(O)CN1C(=O)CN(C)C1=O. The summed E-state index contributed by atoms with van der Waals surface area (Å²) in [6.07, 6.45) is -4.67. The highest BCUT2D eigenvalue weighted by molar-refractivity contribution is 6.35. The molecule has 1 unspecified atom stereocenters. The van der Waals surface area contributed by atoms with Gasteiger partial charge in [0, 0.05) is 36.2 Å². The number of urea groups is 1. The number of amides is 5. The van der Waals surface area contributed by atoms with E-state index in [0.29, 0.717) is 22.6 Å². The molecule has 4 rings (SSSR count). The number of nitrogens with zero attached hydrogens (tertiary/aromatic N) is 2. The molecule has 1 aromatic heterocycles. The molecule has 5 amide bonds. The highest BCUT2D eigenvalue weighted by atomic mass is 19.4. The molecule has 1 aromatic carbocycles. The molecule has 3 heterocycles. The number of rotatable bonds is 7. The summed E-state index contributed by atoms with van der Waals surface area (Å²) in [5.41, 5.74) is 2.11. The molecule has 1 atom stereocenters. The number of benzene rings is 1. The minimum absolute atomic E-state index is 0.0734. The van der Waals surface area contributed by atoms with Crippen molar-refractivity contribution in [3.05, 3.63) is 46.3 Å². The van der Waals surface area contributed by atoms with Crippen molar-refractivity contribution in [2.75, 3.05) is 32.0 Å². The monoisotopic (exact) mass is 535 g/mol. The normalized spacial score (nSPS) is 17.2. The average molecular weight is 535 g/mol. The Bertz CT molecular complexity index is 1370. The van der Waals surface area contributed by atoms with Gasteiger partial charge in [0.15, 0.2) is 0 Å². The lowest BCUT2D eigenvalue weighted by Crippen LogP contribution is -2.43. The van der Waals surface area contributed by atoms with Crippen LogP contribution in [0.2, 0.25) is 0 Å². The number of fused-ring (bicyclic) bond motifs is 1. The Morgan fingerprint density at radius 3 is 2.61 bits per heavy atom. The van der Waals surface area contributed by atoms with Gasteiger partial charge in [0.05, 0.1) is 23.8 Å². The Kier molecular flexibility index (Phi) is 6.93. The Hall–Kier alpha value is -4.33. The number of anilines is 1. The van der Waals surface area contributed by atoms with Gasteiger partial charge in [-0.3, -0.25) is 19.3 Å². The lowest BCUT2D eigenvalue weighted by atomic mass is 10.0. The maximum Gasteiger partial charge on any atom is 0.573 e. The number of carbonyl (C=O) groups excluding carboxylic acids is 4. The number of aliphatic hydroxyl groups excluding tert-OH is 1. The summed E-state index contributed by atoms with van der Waals surface area (Å²) in [5, 5.41) is 15.4. The fourth-order valence-electron chi connectivity index (χ4n) is 4.33.